The second kappa shape index (κ2) is 9.27. The third kappa shape index (κ3) is 5.63. The number of hydrogen-bond acceptors (Lipinski definition) is 5. The molecule has 1 aromatic carbocycles. The maximum atomic E-state index is 13.0. The highest BCUT2D eigenvalue weighted by molar-refractivity contribution is 7.91. The molecule has 1 amide bonds. The van der Waals surface area contributed by atoms with Crippen molar-refractivity contribution < 1.29 is 13.2 Å². The summed E-state index contributed by atoms with van der Waals surface area (Å²) in [7, 11) is -3.79. The zero-order chi connectivity index (χ0) is 19.2. The highest BCUT2D eigenvalue weighted by atomic mass is 32.2. The summed E-state index contributed by atoms with van der Waals surface area (Å²) in [5.41, 5.74) is 1.39. The van der Waals surface area contributed by atoms with Gasteiger partial charge in [-0.15, -0.1) is 11.3 Å². The molecule has 1 aromatic heterocycles. The van der Waals surface area contributed by atoms with Gasteiger partial charge in [0.2, 0.25) is 10.0 Å². The number of benzene rings is 1. The summed E-state index contributed by atoms with van der Waals surface area (Å²) in [4.78, 5) is 17.0. The van der Waals surface area contributed by atoms with Gasteiger partial charge < -0.3 is 9.80 Å². The van der Waals surface area contributed by atoms with Gasteiger partial charge in [-0.3, -0.25) is 4.79 Å². The van der Waals surface area contributed by atoms with Gasteiger partial charge in [0.1, 0.15) is 4.21 Å². The molecule has 0 radical (unpaired) electrons. The minimum absolute atomic E-state index is 0.00394. The minimum Gasteiger partial charge on any atom is -0.333 e. The molecular weight excluding hydrogens is 370 g/mol. The van der Waals surface area contributed by atoms with Crippen LogP contribution < -0.4 is 5.14 Å². The molecule has 26 heavy (non-hydrogen) atoms. The van der Waals surface area contributed by atoms with E-state index in [1.54, 1.807) is 10.3 Å². The van der Waals surface area contributed by atoms with Crippen molar-refractivity contribution in [1.82, 2.24) is 9.80 Å². The number of hydrogen-bond donors (Lipinski definition) is 1. The van der Waals surface area contributed by atoms with Crippen molar-refractivity contribution >= 4 is 27.3 Å². The van der Waals surface area contributed by atoms with Crippen LogP contribution in [0.25, 0.3) is 0 Å². The van der Waals surface area contributed by atoms with Crippen LogP contribution in [0.5, 0.6) is 0 Å². The number of amides is 1. The molecule has 0 fully saturated rings. The lowest BCUT2D eigenvalue weighted by Crippen LogP contribution is -2.38. The fraction of sp³-hybridized carbons (Fsp3) is 0.389. The summed E-state index contributed by atoms with van der Waals surface area (Å²) in [6.07, 6.45) is 0. The molecule has 0 bridgehead atoms. The fourth-order valence-corrected chi connectivity index (χ4v) is 4.20. The van der Waals surface area contributed by atoms with Gasteiger partial charge in [0.25, 0.3) is 5.91 Å². The predicted octanol–water partition coefficient (Wildman–Crippen LogP) is 2.38. The Morgan fingerprint density at radius 3 is 2.31 bits per heavy atom. The second-order valence-electron chi connectivity index (χ2n) is 5.94. The van der Waals surface area contributed by atoms with E-state index in [0.29, 0.717) is 18.7 Å². The van der Waals surface area contributed by atoms with E-state index in [4.69, 9.17) is 5.14 Å². The first kappa shape index (κ1) is 20.6. The van der Waals surface area contributed by atoms with Gasteiger partial charge in [-0.05, 0) is 24.7 Å². The summed E-state index contributed by atoms with van der Waals surface area (Å²) < 4.78 is 23.0. The van der Waals surface area contributed by atoms with E-state index in [2.05, 4.69) is 18.7 Å². The Labute approximate surface area is 159 Å². The average molecular weight is 396 g/mol. The van der Waals surface area contributed by atoms with Crippen molar-refractivity contribution in [2.24, 2.45) is 5.14 Å². The Morgan fingerprint density at radius 2 is 1.77 bits per heavy atom. The standard InChI is InChI=1S/C18H25N3O3S2/c1-3-20(4-2)10-11-21(13-15-8-6-5-7-9-15)18(22)16-12-17(25-14-16)26(19,23)24/h5-9,12,14H,3-4,10-11,13H2,1-2H3,(H2,19,23,24). The highest BCUT2D eigenvalue weighted by Crippen LogP contribution is 2.21. The smallest absolute Gasteiger partial charge is 0.255 e. The molecule has 0 aliphatic heterocycles. The molecule has 2 rings (SSSR count). The molecule has 142 valence electrons. The molecule has 0 spiro atoms. The van der Waals surface area contributed by atoms with Gasteiger partial charge in [-0.1, -0.05) is 44.2 Å². The lowest BCUT2D eigenvalue weighted by atomic mass is 10.2. The molecular formula is C18H25N3O3S2. The first-order chi connectivity index (χ1) is 12.3. The number of carbonyl (C=O) groups is 1. The van der Waals surface area contributed by atoms with Crippen LogP contribution in [0.1, 0.15) is 29.8 Å². The molecule has 0 unspecified atom stereocenters. The topological polar surface area (TPSA) is 83.7 Å². The summed E-state index contributed by atoms with van der Waals surface area (Å²) >= 11 is 0.971. The van der Waals surface area contributed by atoms with E-state index >= 15 is 0 Å². The van der Waals surface area contributed by atoms with Crippen molar-refractivity contribution in [1.29, 1.82) is 0 Å². The quantitative estimate of drug-likeness (QED) is 0.707. The molecule has 0 aliphatic carbocycles. The lowest BCUT2D eigenvalue weighted by molar-refractivity contribution is 0.0724. The van der Waals surface area contributed by atoms with Crippen molar-refractivity contribution in [2.45, 2.75) is 24.6 Å². The zero-order valence-electron chi connectivity index (χ0n) is 15.1. The Bertz CT molecular complexity index is 815. The Kier molecular flexibility index (Phi) is 7.33. The van der Waals surface area contributed by atoms with E-state index in [-0.39, 0.29) is 10.1 Å². The van der Waals surface area contributed by atoms with Gasteiger partial charge in [0.15, 0.2) is 0 Å². The van der Waals surface area contributed by atoms with E-state index < -0.39 is 10.0 Å². The average Bonchev–Trinajstić information content (AvgIpc) is 3.12. The van der Waals surface area contributed by atoms with Crippen LogP contribution in [0.2, 0.25) is 0 Å². The number of sulfonamides is 1. The maximum Gasteiger partial charge on any atom is 0.255 e. The van der Waals surface area contributed by atoms with Crippen LogP contribution >= 0.6 is 11.3 Å². The third-order valence-corrected chi connectivity index (χ3v) is 6.57. The molecule has 0 saturated carbocycles. The Balaban J connectivity index is 2.20. The summed E-state index contributed by atoms with van der Waals surface area (Å²) in [6.45, 7) is 7.80. The number of likely N-dealkylation sites (N-methyl/N-ethyl adjacent to an activating group) is 1. The molecule has 0 saturated heterocycles. The largest absolute Gasteiger partial charge is 0.333 e. The first-order valence-electron chi connectivity index (χ1n) is 8.52. The molecule has 0 aliphatic rings. The predicted molar refractivity (Wildman–Crippen MR) is 105 cm³/mol. The number of primary sulfonamides is 1. The van der Waals surface area contributed by atoms with Gasteiger partial charge >= 0.3 is 0 Å². The van der Waals surface area contributed by atoms with Crippen LogP contribution in [0, 0.1) is 0 Å². The Morgan fingerprint density at radius 1 is 1.12 bits per heavy atom. The van der Waals surface area contributed by atoms with Gasteiger partial charge in [0.05, 0.1) is 5.56 Å². The van der Waals surface area contributed by atoms with Gasteiger partial charge in [-0.25, -0.2) is 13.6 Å². The number of thiophene rings is 1. The maximum absolute atomic E-state index is 13.0. The summed E-state index contributed by atoms with van der Waals surface area (Å²) in [5, 5.41) is 6.71. The minimum atomic E-state index is -3.79. The second-order valence-corrected chi connectivity index (χ2v) is 8.64. The molecule has 2 N–H and O–H groups in total. The van der Waals surface area contributed by atoms with Gasteiger partial charge in [-0.2, -0.15) is 0 Å². The normalized spacial score (nSPS) is 11.7. The third-order valence-electron chi connectivity index (χ3n) is 4.19. The van der Waals surface area contributed by atoms with Crippen molar-refractivity contribution in [3.63, 3.8) is 0 Å². The summed E-state index contributed by atoms with van der Waals surface area (Å²) in [6, 6.07) is 11.1. The van der Waals surface area contributed by atoms with Crippen LogP contribution in [0.3, 0.4) is 0 Å². The highest BCUT2D eigenvalue weighted by Gasteiger charge is 2.21. The number of rotatable bonds is 9. The van der Waals surface area contributed by atoms with Gasteiger partial charge in [0, 0.05) is 25.0 Å². The van der Waals surface area contributed by atoms with E-state index in [0.717, 1.165) is 36.5 Å². The lowest BCUT2D eigenvalue weighted by Gasteiger charge is -2.26. The van der Waals surface area contributed by atoms with Crippen molar-refractivity contribution in [3.05, 3.63) is 52.9 Å². The SMILES string of the molecule is CCN(CC)CCN(Cc1ccccc1)C(=O)c1csc(S(N)(=O)=O)c1. The number of nitrogens with zero attached hydrogens (tertiary/aromatic N) is 2. The first-order valence-corrected chi connectivity index (χ1v) is 10.9. The zero-order valence-corrected chi connectivity index (χ0v) is 16.7. The molecule has 8 heteroatoms. The Hall–Kier alpha value is -1.74. The van der Waals surface area contributed by atoms with Crippen LogP contribution in [-0.4, -0.2) is 50.3 Å². The van der Waals surface area contributed by atoms with Crippen molar-refractivity contribution in [2.75, 3.05) is 26.2 Å². The van der Waals surface area contributed by atoms with Crippen LogP contribution in [-0.2, 0) is 16.6 Å². The fourth-order valence-electron chi connectivity index (χ4n) is 2.62. The number of carbonyl (C=O) groups excluding carboxylic acids is 1. The van der Waals surface area contributed by atoms with E-state index in [9.17, 15) is 13.2 Å². The van der Waals surface area contributed by atoms with Crippen LogP contribution in [0.15, 0.2) is 46.0 Å². The molecule has 2 aromatic rings. The molecule has 0 atom stereocenters. The van der Waals surface area contributed by atoms with E-state index in [1.807, 2.05) is 30.3 Å². The van der Waals surface area contributed by atoms with E-state index in [1.165, 1.54) is 6.07 Å². The monoisotopic (exact) mass is 395 g/mol. The van der Waals surface area contributed by atoms with Crippen molar-refractivity contribution in [3.8, 4) is 0 Å². The molecule has 1 heterocycles. The molecule has 6 nitrogen and oxygen atoms in total. The summed E-state index contributed by atoms with van der Waals surface area (Å²) in [5.74, 6) is -0.188. The van der Waals surface area contributed by atoms with Crippen LogP contribution in [0.4, 0.5) is 0 Å². The number of nitrogens with two attached hydrogens (primary N) is 1.